The highest BCUT2D eigenvalue weighted by molar-refractivity contribution is 5.85. The van der Waals surface area contributed by atoms with Crippen LogP contribution in [0.3, 0.4) is 0 Å². The maximum Gasteiger partial charge on any atom is 0.303 e. The Morgan fingerprint density at radius 3 is 2.13 bits per heavy atom. The number of rotatable bonds is 11. The van der Waals surface area contributed by atoms with Crippen molar-refractivity contribution < 1.29 is 34.5 Å². The molecule has 7 nitrogen and oxygen atoms in total. The molecule has 0 heterocycles. The molecule has 3 atom stereocenters. The van der Waals surface area contributed by atoms with Gasteiger partial charge in [0.1, 0.15) is 11.6 Å². The Morgan fingerprint density at radius 1 is 0.913 bits per heavy atom. The summed E-state index contributed by atoms with van der Waals surface area (Å²) in [6.45, 7) is 0. The van der Waals surface area contributed by atoms with E-state index in [1.165, 1.54) is 0 Å². The van der Waals surface area contributed by atoms with Gasteiger partial charge in [0, 0.05) is 38.0 Å². The van der Waals surface area contributed by atoms with Crippen LogP contribution in [0.4, 0.5) is 0 Å². The van der Waals surface area contributed by atoms with Gasteiger partial charge in [0.25, 0.3) is 0 Å². The number of hydrogen-bond donors (Lipinski definition) is 3. The zero-order valence-corrected chi connectivity index (χ0v) is 13.1. The molecule has 0 bridgehead atoms. The third-order valence-electron chi connectivity index (χ3n) is 4.36. The zero-order chi connectivity index (χ0) is 17.4. The molecule has 1 rings (SSSR count). The number of aliphatic hydroxyl groups excluding tert-OH is 1. The largest absolute Gasteiger partial charge is 0.481 e. The van der Waals surface area contributed by atoms with Gasteiger partial charge in [0.15, 0.2) is 0 Å². The summed E-state index contributed by atoms with van der Waals surface area (Å²) in [6, 6.07) is 0. The molecular weight excluding hydrogens is 304 g/mol. The number of carboxylic acids is 2. The van der Waals surface area contributed by atoms with Crippen LogP contribution in [0.1, 0.15) is 57.8 Å². The Hall–Kier alpha value is -1.76. The lowest BCUT2D eigenvalue weighted by Gasteiger charge is -2.20. The number of ketones is 2. The predicted molar refractivity (Wildman–Crippen MR) is 79.8 cm³/mol. The number of carbonyl (C=O) groups is 4. The number of unbranched alkanes of at least 4 members (excludes halogenated alkanes) is 1. The van der Waals surface area contributed by atoms with Gasteiger partial charge < -0.3 is 15.3 Å². The Labute approximate surface area is 134 Å². The second kappa shape index (κ2) is 9.39. The van der Waals surface area contributed by atoms with Crippen molar-refractivity contribution in [3.05, 3.63) is 0 Å². The van der Waals surface area contributed by atoms with Crippen LogP contribution in [0, 0.1) is 11.8 Å². The number of carbonyl (C=O) groups excluding carboxylic acids is 2. The summed E-state index contributed by atoms with van der Waals surface area (Å²) in [5.74, 6) is -2.85. The van der Waals surface area contributed by atoms with Gasteiger partial charge >= 0.3 is 11.9 Å². The molecule has 1 aliphatic carbocycles. The van der Waals surface area contributed by atoms with Crippen LogP contribution in [0.2, 0.25) is 0 Å². The third-order valence-corrected chi connectivity index (χ3v) is 4.36. The normalized spacial score (nSPS) is 23.9. The van der Waals surface area contributed by atoms with E-state index in [-0.39, 0.29) is 49.6 Å². The van der Waals surface area contributed by atoms with E-state index in [1.54, 1.807) is 0 Å². The highest BCUT2D eigenvalue weighted by Gasteiger charge is 2.41. The van der Waals surface area contributed by atoms with E-state index in [1.807, 2.05) is 0 Å². The lowest BCUT2D eigenvalue weighted by atomic mass is 9.85. The van der Waals surface area contributed by atoms with Crippen molar-refractivity contribution in [1.29, 1.82) is 0 Å². The first-order valence-corrected chi connectivity index (χ1v) is 7.97. The molecule has 0 aromatic carbocycles. The zero-order valence-electron chi connectivity index (χ0n) is 13.1. The first kappa shape index (κ1) is 19.3. The molecular formula is C16H24O7. The maximum absolute atomic E-state index is 11.8. The lowest BCUT2D eigenvalue weighted by molar-refractivity contribution is -0.138. The average Bonchev–Trinajstić information content (AvgIpc) is 2.72. The SMILES string of the molecule is O=C(O)CCCCC(=O)CC[C@H]1C(O)CC(=O)C1CCC(=O)O. The molecule has 130 valence electrons. The summed E-state index contributed by atoms with van der Waals surface area (Å²) in [5, 5.41) is 27.2. The van der Waals surface area contributed by atoms with Crippen LogP contribution in [0.15, 0.2) is 0 Å². The van der Waals surface area contributed by atoms with Crippen molar-refractivity contribution in [3.63, 3.8) is 0 Å². The molecule has 0 saturated heterocycles. The van der Waals surface area contributed by atoms with Gasteiger partial charge in [0.2, 0.25) is 0 Å². The fraction of sp³-hybridized carbons (Fsp3) is 0.750. The summed E-state index contributed by atoms with van der Waals surface area (Å²) in [7, 11) is 0. The van der Waals surface area contributed by atoms with E-state index in [0.29, 0.717) is 25.7 Å². The molecule has 0 spiro atoms. The molecule has 2 unspecified atom stereocenters. The van der Waals surface area contributed by atoms with Crippen LogP contribution < -0.4 is 0 Å². The van der Waals surface area contributed by atoms with Crippen molar-refractivity contribution >= 4 is 23.5 Å². The molecule has 1 aliphatic rings. The summed E-state index contributed by atoms with van der Waals surface area (Å²) < 4.78 is 0. The van der Waals surface area contributed by atoms with Crippen molar-refractivity contribution in [1.82, 2.24) is 0 Å². The summed E-state index contributed by atoms with van der Waals surface area (Å²) in [4.78, 5) is 44.6. The molecule has 3 N–H and O–H groups in total. The minimum Gasteiger partial charge on any atom is -0.481 e. The second-order valence-electron chi connectivity index (χ2n) is 6.12. The van der Waals surface area contributed by atoms with E-state index >= 15 is 0 Å². The van der Waals surface area contributed by atoms with Gasteiger partial charge in [-0.2, -0.15) is 0 Å². The predicted octanol–water partition coefficient (Wildman–Crippen LogP) is 1.41. The van der Waals surface area contributed by atoms with Gasteiger partial charge in [-0.3, -0.25) is 19.2 Å². The smallest absolute Gasteiger partial charge is 0.303 e. The van der Waals surface area contributed by atoms with Gasteiger partial charge in [0.05, 0.1) is 6.10 Å². The highest BCUT2D eigenvalue weighted by atomic mass is 16.4. The average molecular weight is 328 g/mol. The third kappa shape index (κ3) is 6.90. The molecule has 1 saturated carbocycles. The molecule has 23 heavy (non-hydrogen) atoms. The molecule has 7 heteroatoms. The summed E-state index contributed by atoms with van der Waals surface area (Å²) >= 11 is 0. The van der Waals surface area contributed by atoms with Crippen molar-refractivity contribution in [2.45, 2.75) is 63.9 Å². The van der Waals surface area contributed by atoms with Crippen LogP contribution >= 0.6 is 0 Å². The van der Waals surface area contributed by atoms with Crippen LogP contribution in [0.5, 0.6) is 0 Å². The number of Topliss-reactive ketones (excluding diaryl/α,β-unsaturated/α-hetero) is 2. The van der Waals surface area contributed by atoms with Crippen LogP contribution in [-0.4, -0.2) is 44.9 Å². The first-order valence-electron chi connectivity index (χ1n) is 7.97. The maximum atomic E-state index is 11.8. The Bertz CT molecular complexity index is 457. The molecule has 1 fully saturated rings. The number of hydrogen-bond acceptors (Lipinski definition) is 5. The van der Waals surface area contributed by atoms with Gasteiger partial charge in [-0.05, 0) is 31.6 Å². The van der Waals surface area contributed by atoms with Crippen LogP contribution in [-0.2, 0) is 19.2 Å². The topological polar surface area (TPSA) is 129 Å². The van der Waals surface area contributed by atoms with Crippen molar-refractivity contribution in [2.24, 2.45) is 11.8 Å². The molecule has 0 amide bonds. The van der Waals surface area contributed by atoms with E-state index < -0.39 is 24.0 Å². The molecule has 0 aliphatic heterocycles. The van der Waals surface area contributed by atoms with Gasteiger partial charge in [-0.15, -0.1) is 0 Å². The highest BCUT2D eigenvalue weighted by Crippen LogP contribution is 2.35. The van der Waals surface area contributed by atoms with Crippen molar-refractivity contribution in [2.75, 3.05) is 0 Å². The monoisotopic (exact) mass is 328 g/mol. The first-order chi connectivity index (χ1) is 10.8. The number of aliphatic carboxylic acids is 2. The Balaban J connectivity index is 2.37. The molecule has 0 aromatic rings. The number of carboxylic acid groups (broad SMARTS) is 2. The summed E-state index contributed by atoms with van der Waals surface area (Å²) in [6.07, 6.45) is 1.20. The van der Waals surface area contributed by atoms with E-state index in [2.05, 4.69) is 0 Å². The van der Waals surface area contributed by atoms with E-state index in [0.717, 1.165) is 0 Å². The van der Waals surface area contributed by atoms with E-state index in [9.17, 15) is 24.3 Å². The Kier molecular flexibility index (Phi) is 7.88. The molecule has 0 radical (unpaired) electrons. The fourth-order valence-electron chi connectivity index (χ4n) is 3.11. The minimum atomic E-state index is -0.979. The molecule has 0 aromatic heterocycles. The summed E-state index contributed by atoms with van der Waals surface area (Å²) in [5.41, 5.74) is 0. The minimum absolute atomic E-state index is 0.0149. The quantitative estimate of drug-likeness (QED) is 0.489. The van der Waals surface area contributed by atoms with Gasteiger partial charge in [-0.25, -0.2) is 0 Å². The second-order valence-corrected chi connectivity index (χ2v) is 6.12. The van der Waals surface area contributed by atoms with Gasteiger partial charge in [-0.1, -0.05) is 0 Å². The standard InChI is InChI=1S/C16H24O7/c17-10(3-1-2-4-15(20)21)5-6-11-12(7-8-16(22)23)14(19)9-13(11)18/h11-13,18H,1-9H2,(H,20,21)(H,22,23)/t11-,12?,13?/m1/s1. The van der Waals surface area contributed by atoms with Crippen LogP contribution in [0.25, 0.3) is 0 Å². The number of aliphatic hydroxyl groups is 1. The fourth-order valence-corrected chi connectivity index (χ4v) is 3.11. The lowest BCUT2D eigenvalue weighted by Crippen LogP contribution is -2.22. The Morgan fingerprint density at radius 2 is 1.52 bits per heavy atom. The van der Waals surface area contributed by atoms with E-state index in [4.69, 9.17) is 10.2 Å². The van der Waals surface area contributed by atoms with Crippen molar-refractivity contribution in [3.8, 4) is 0 Å².